The summed E-state index contributed by atoms with van der Waals surface area (Å²) in [6.45, 7) is 11.3. The van der Waals surface area contributed by atoms with Gasteiger partial charge in [0.25, 0.3) is 11.8 Å². The predicted octanol–water partition coefficient (Wildman–Crippen LogP) is 2.97. The van der Waals surface area contributed by atoms with Crippen LogP contribution in [0.3, 0.4) is 0 Å². The molecule has 27 heavy (non-hydrogen) atoms. The van der Waals surface area contributed by atoms with E-state index >= 15 is 0 Å². The third-order valence-corrected chi connectivity index (χ3v) is 4.80. The van der Waals surface area contributed by atoms with Crippen molar-refractivity contribution in [3.8, 4) is 0 Å². The van der Waals surface area contributed by atoms with Crippen LogP contribution in [0, 0.1) is 10.8 Å². The lowest BCUT2D eigenvalue weighted by Gasteiger charge is -2.39. The Balaban J connectivity index is 0.000000359. The summed E-state index contributed by atoms with van der Waals surface area (Å²) < 4.78 is 15.3. The zero-order valence-electron chi connectivity index (χ0n) is 17.7. The molecule has 7 heteroatoms. The first-order valence-corrected chi connectivity index (χ1v) is 10.3. The van der Waals surface area contributed by atoms with Gasteiger partial charge >= 0.3 is 0 Å². The van der Waals surface area contributed by atoms with Gasteiger partial charge in [0.1, 0.15) is 0 Å². The molecule has 0 spiro atoms. The fourth-order valence-corrected chi connectivity index (χ4v) is 2.76. The van der Waals surface area contributed by atoms with Crippen molar-refractivity contribution in [1.29, 1.82) is 0 Å². The molecule has 3 rings (SSSR count). The smallest absolute Gasteiger partial charge is 0.253 e. The highest BCUT2D eigenvalue weighted by atomic mass is 32.1. The van der Waals surface area contributed by atoms with Crippen molar-refractivity contribution in [3.63, 3.8) is 0 Å². The molecule has 3 heterocycles. The fourth-order valence-electron chi connectivity index (χ4n) is 2.76. The molecular formula is C20H37NO5S. The molecule has 3 aliphatic rings. The minimum Gasteiger partial charge on any atom is -0.384 e. The summed E-state index contributed by atoms with van der Waals surface area (Å²) in [5, 5.41) is 0. The third-order valence-electron chi connectivity index (χ3n) is 4.80. The molecule has 2 amide bonds. The predicted molar refractivity (Wildman–Crippen MR) is 111 cm³/mol. The summed E-state index contributed by atoms with van der Waals surface area (Å²) >= 11 is 3.53. The lowest BCUT2D eigenvalue weighted by molar-refractivity contribution is -0.144. The van der Waals surface area contributed by atoms with Crippen molar-refractivity contribution in [1.82, 2.24) is 4.90 Å². The Kier molecular flexibility index (Phi) is 12.9. The molecule has 0 aliphatic carbocycles. The normalized spacial score (nSPS) is 20.8. The van der Waals surface area contributed by atoms with Crippen molar-refractivity contribution in [2.24, 2.45) is 10.8 Å². The van der Waals surface area contributed by atoms with E-state index in [0.29, 0.717) is 10.8 Å². The molecule has 2 saturated heterocycles. The lowest BCUT2D eigenvalue weighted by atomic mass is 9.84. The number of thiol groups is 1. The minimum atomic E-state index is -0.241. The molecule has 0 aromatic heterocycles. The Bertz CT molecular complexity index is 449. The Morgan fingerprint density at radius 3 is 1.67 bits per heavy atom. The molecule has 0 radical (unpaired) electrons. The van der Waals surface area contributed by atoms with Crippen molar-refractivity contribution >= 4 is 24.4 Å². The summed E-state index contributed by atoms with van der Waals surface area (Å²) in [5.41, 5.74) is 0.920. The van der Waals surface area contributed by atoms with Gasteiger partial charge < -0.3 is 14.2 Å². The molecular weight excluding hydrogens is 366 g/mol. The maximum atomic E-state index is 10.4. The van der Waals surface area contributed by atoms with Crippen LogP contribution in [0.2, 0.25) is 0 Å². The second-order valence-corrected chi connectivity index (χ2v) is 7.40. The second kappa shape index (κ2) is 13.3. The van der Waals surface area contributed by atoms with Gasteiger partial charge in [-0.25, -0.2) is 0 Å². The molecule has 0 atom stereocenters. The zero-order chi connectivity index (χ0) is 20.9. The summed E-state index contributed by atoms with van der Waals surface area (Å²) in [5.74, 6) is -0.481. The van der Waals surface area contributed by atoms with E-state index in [2.05, 4.69) is 33.4 Å². The first-order chi connectivity index (χ1) is 12.8. The van der Waals surface area contributed by atoms with Crippen molar-refractivity contribution in [2.45, 2.75) is 40.0 Å². The van der Waals surface area contributed by atoms with Gasteiger partial charge in [0.15, 0.2) is 0 Å². The number of hydrogen-bond donors (Lipinski definition) is 1. The maximum absolute atomic E-state index is 10.4. The van der Waals surface area contributed by atoms with Crippen molar-refractivity contribution < 1.29 is 23.8 Å². The van der Waals surface area contributed by atoms with Crippen LogP contribution in [0.15, 0.2) is 12.2 Å². The van der Waals surface area contributed by atoms with E-state index in [9.17, 15) is 9.59 Å². The van der Waals surface area contributed by atoms with Crippen LogP contribution >= 0.6 is 12.6 Å². The van der Waals surface area contributed by atoms with E-state index in [1.807, 2.05) is 0 Å². The van der Waals surface area contributed by atoms with Crippen molar-refractivity contribution in [3.05, 3.63) is 12.2 Å². The molecule has 0 N–H and O–H groups in total. The number of nitrogens with zero attached hydrogens (tertiary/aromatic N) is 1. The highest BCUT2D eigenvalue weighted by molar-refractivity contribution is 7.79. The van der Waals surface area contributed by atoms with Crippen molar-refractivity contribution in [2.75, 3.05) is 53.4 Å². The van der Waals surface area contributed by atoms with Gasteiger partial charge in [-0.05, 0) is 19.1 Å². The van der Waals surface area contributed by atoms with E-state index in [0.717, 1.165) is 37.9 Å². The van der Waals surface area contributed by atoms with Gasteiger partial charge in [-0.1, -0.05) is 27.2 Å². The largest absolute Gasteiger partial charge is 0.384 e. The average Bonchev–Trinajstić information content (AvgIpc) is 2.91. The highest BCUT2D eigenvalue weighted by Crippen LogP contribution is 2.31. The number of imide groups is 1. The van der Waals surface area contributed by atoms with Crippen LogP contribution in [0.5, 0.6) is 0 Å². The monoisotopic (exact) mass is 403 g/mol. The van der Waals surface area contributed by atoms with E-state index < -0.39 is 0 Å². The zero-order valence-corrected chi connectivity index (χ0v) is 18.6. The van der Waals surface area contributed by atoms with E-state index in [4.69, 9.17) is 14.2 Å². The van der Waals surface area contributed by atoms with Gasteiger partial charge in [0.2, 0.25) is 0 Å². The summed E-state index contributed by atoms with van der Waals surface area (Å²) in [6, 6.07) is 0. The Morgan fingerprint density at radius 2 is 1.56 bits per heavy atom. The summed E-state index contributed by atoms with van der Waals surface area (Å²) in [4.78, 5) is 21.9. The quantitative estimate of drug-likeness (QED) is 0.565. The molecule has 3 aliphatic heterocycles. The standard InChI is InChI=1S/C7H14O2.C7H14O.C5H5NO2.CH4S/c1-3-7(4-8-2)5-9-6-7;1-3-4-7(2)5-8-6-7;1-6-4(7)2-3-5(6)8;1-2/h3-6H2,1-2H3;3-6H2,1-2H3;2-3H,1H3;2H,1H3. The first-order valence-electron chi connectivity index (χ1n) is 9.40. The number of amides is 2. The van der Waals surface area contributed by atoms with Gasteiger partial charge in [0.05, 0.1) is 33.0 Å². The van der Waals surface area contributed by atoms with Gasteiger partial charge in [-0.2, -0.15) is 12.6 Å². The van der Waals surface area contributed by atoms with Crippen LogP contribution in [-0.4, -0.2) is 70.2 Å². The minimum absolute atomic E-state index is 0.241. The number of carbonyl (C=O) groups is 2. The van der Waals surface area contributed by atoms with Crippen LogP contribution in [0.1, 0.15) is 40.0 Å². The third kappa shape index (κ3) is 8.77. The molecule has 0 saturated carbocycles. The number of rotatable bonds is 5. The van der Waals surface area contributed by atoms with Gasteiger partial charge in [-0.15, -0.1) is 0 Å². The van der Waals surface area contributed by atoms with E-state index in [-0.39, 0.29) is 11.8 Å². The Morgan fingerprint density at radius 1 is 1.07 bits per heavy atom. The van der Waals surface area contributed by atoms with Gasteiger partial charge in [0, 0.05) is 37.1 Å². The SMILES string of the molecule is CCC1(COC)COC1.CCCC1(C)COC1.CN1C(=O)C=CC1=O.CS. The Hall–Kier alpha value is -0.890. The summed E-state index contributed by atoms with van der Waals surface area (Å²) in [6.07, 6.45) is 7.98. The second-order valence-electron chi connectivity index (χ2n) is 7.40. The van der Waals surface area contributed by atoms with E-state index in [1.54, 1.807) is 13.4 Å². The number of carbonyl (C=O) groups excluding carboxylic acids is 2. The molecule has 0 aromatic rings. The Labute approximate surface area is 170 Å². The van der Waals surface area contributed by atoms with Crippen LogP contribution in [0.4, 0.5) is 0 Å². The fraction of sp³-hybridized carbons (Fsp3) is 0.800. The van der Waals surface area contributed by atoms with E-state index in [1.165, 1.54) is 38.5 Å². The maximum Gasteiger partial charge on any atom is 0.253 e. The molecule has 158 valence electrons. The average molecular weight is 404 g/mol. The molecule has 6 nitrogen and oxygen atoms in total. The molecule has 2 fully saturated rings. The topological polar surface area (TPSA) is 65.1 Å². The molecule has 0 aromatic carbocycles. The number of ether oxygens (including phenoxy) is 3. The number of methoxy groups -OCH3 is 1. The highest BCUT2D eigenvalue weighted by Gasteiger charge is 2.36. The molecule has 0 unspecified atom stereocenters. The number of hydrogen-bond acceptors (Lipinski definition) is 6. The number of likely N-dealkylation sites (N-methyl/N-ethyl adjacent to an activating group) is 1. The van der Waals surface area contributed by atoms with Crippen LogP contribution in [-0.2, 0) is 23.8 Å². The molecule has 0 bridgehead atoms. The van der Waals surface area contributed by atoms with Crippen LogP contribution < -0.4 is 0 Å². The lowest BCUT2D eigenvalue weighted by Crippen LogP contribution is -2.45. The van der Waals surface area contributed by atoms with Gasteiger partial charge in [-0.3, -0.25) is 14.5 Å². The first kappa shape index (κ1) is 26.1. The summed E-state index contributed by atoms with van der Waals surface area (Å²) in [7, 11) is 3.19. The van der Waals surface area contributed by atoms with Crippen LogP contribution in [0.25, 0.3) is 0 Å².